The first-order valence-electron chi connectivity index (χ1n) is 8.94. The van der Waals surface area contributed by atoms with E-state index in [0.717, 1.165) is 6.42 Å². The smallest absolute Gasteiger partial charge is 0.374 e. The average Bonchev–Trinajstić information content (AvgIpc) is 2.71. The molecule has 1 aliphatic heterocycles. The Kier molecular flexibility index (Phi) is 8.35. The zero-order valence-electron chi connectivity index (χ0n) is 15.6. The molecule has 7 nitrogen and oxygen atoms in total. The molecule has 0 aromatic carbocycles. The maximum atomic E-state index is 12.5. The predicted molar refractivity (Wildman–Crippen MR) is 93.6 cm³/mol. The summed E-state index contributed by atoms with van der Waals surface area (Å²) in [7, 11) is -2.73. The Balaban J connectivity index is 2.66. The van der Waals surface area contributed by atoms with Crippen LogP contribution in [0.25, 0.3) is 0 Å². The van der Waals surface area contributed by atoms with Crippen LogP contribution in [0.1, 0.15) is 53.9 Å². The maximum absolute atomic E-state index is 12.5. The van der Waals surface area contributed by atoms with E-state index >= 15 is 0 Å². The van der Waals surface area contributed by atoms with Crippen LogP contribution in [0.2, 0.25) is 6.04 Å². The maximum Gasteiger partial charge on any atom is 0.500 e. The lowest BCUT2D eigenvalue weighted by atomic mass is 9.96. The van der Waals surface area contributed by atoms with Crippen LogP contribution in [0.3, 0.4) is 0 Å². The van der Waals surface area contributed by atoms with Crippen molar-refractivity contribution in [2.75, 3.05) is 26.4 Å². The highest BCUT2D eigenvalue weighted by molar-refractivity contribution is 6.60. The van der Waals surface area contributed by atoms with Crippen LogP contribution in [-0.2, 0) is 18.1 Å². The van der Waals surface area contributed by atoms with Crippen molar-refractivity contribution in [1.29, 1.82) is 0 Å². The fraction of sp³-hybridized carbons (Fsp3) is 0.875. The van der Waals surface area contributed by atoms with E-state index in [4.69, 9.17) is 13.3 Å². The van der Waals surface area contributed by atoms with Crippen molar-refractivity contribution in [3.05, 3.63) is 0 Å². The summed E-state index contributed by atoms with van der Waals surface area (Å²) in [6, 6.07) is 0.275. The summed E-state index contributed by atoms with van der Waals surface area (Å²) < 4.78 is 17.4. The lowest BCUT2D eigenvalue weighted by Gasteiger charge is -2.29. The highest BCUT2D eigenvalue weighted by atomic mass is 28.4. The van der Waals surface area contributed by atoms with E-state index in [9.17, 15) is 9.59 Å². The molecule has 0 radical (unpaired) electrons. The van der Waals surface area contributed by atoms with Crippen molar-refractivity contribution in [1.82, 2.24) is 10.2 Å². The van der Waals surface area contributed by atoms with Crippen molar-refractivity contribution in [2.45, 2.75) is 65.5 Å². The number of nitrogens with zero attached hydrogens (tertiary/aromatic N) is 1. The van der Waals surface area contributed by atoms with Gasteiger partial charge < -0.3 is 18.6 Å². The Labute approximate surface area is 146 Å². The number of hydrogen-bond donors (Lipinski definition) is 1. The first kappa shape index (κ1) is 21.1. The molecular weight excluding hydrogens is 328 g/mol. The number of carbonyl (C=O) groups is 2. The van der Waals surface area contributed by atoms with Gasteiger partial charge in [0.05, 0.1) is 0 Å². The van der Waals surface area contributed by atoms with E-state index in [0.29, 0.717) is 45.3 Å². The summed E-state index contributed by atoms with van der Waals surface area (Å²) in [6.45, 7) is 11.4. The second-order valence-corrected chi connectivity index (χ2v) is 8.79. The third-order valence-corrected chi connectivity index (χ3v) is 7.20. The Morgan fingerprint density at radius 3 is 2.04 bits per heavy atom. The monoisotopic (exact) mass is 360 g/mol. The molecule has 0 aromatic rings. The van der Waals surface area contributed by atoms with Crippen LogP contribution < -0.4 is 5.32 Å². The second kappa shape index (κ2) is 9.50. The molecule has 1 unspecified atom stereocenters. The summed E-state index contributed by atoms with van der Waals surface area (Å²) in [6.07, 6.45) is 2.09. The minimum absolute atomic E-state index is 0.147. The topological polar surface area (TPSA) is 77.1 Å². The number of amides is 3. The lowest BCUT2D eigenvalue weighted by Crippen LogP contribution is -2.47. The van der Waals surface area contributed by atoms with Crippen molar-refractivity contribution >= 4 is 20.7 Å². The predicted octanol–water partition coefficient (Wildman–Crippen LogP) is 2.54. The second-order valence-electron chi connectivity index (χ2n) is 6.05. The fourth-order valence-electron chi connectivity index (χ4n) is 3.07. The van der Waals surface area contributed by atoms with Gasteiger partial charge in [0.1, 0.15) is 5.54 Å². The Morgan fingerprint density at radius 1 is 1.04 bits per heavy atom. The highest BCUT2D eigenvalue weighted by Gasteiger charge is 2.47. The average molecular weight is 361 g/mol. The van der Waals surface area contributed by atoms with Crippen LogP contribution in [0.5, 0.6) is 0 Å². The van der Waals surface area contributed by atoms with Crippen LogP contribution in [-0.4, -0.2) is 57.5 Å². The van der Waals surface area contributed by atoms with Gasteiger partial charge in [-0.25, -0.2) is 4.79 Å². The molecule has 1 saturated heterocycles. The van der Waals surface area contributed by atoms with Gasteiger partial charge in [0, 0.05) is 32.4 Å². The quantitative estimate of drug-likeness (QED) is 0.427. The number of rotatable bonds is 12. The molecule has 0 saturated carbocycles. The standard InChI is InChI=1S/C16H32N2O5Si/c1-6-11-16(5)14(19)18(15(20)17-16)12-10-13-24(21-7-2,22-8-3)23-9-4/h6-13H2,1-5H3,(H,17,20). The molecule has 1 heterocycles. The third kappa shape index (κ3) is 5.02. The first-order chi connectivity index (χ1) is 11.4. The molecule has 1 rings (SSSR count). The molecule has 0 aliphatic carbocycles. The molecule has 1 N–H and O–H groups in total. The Morgan fingerprint density at radius 2 is 1.58 bits per heavy atom. The van der Waals surface area contributed by atoms with Crippen molar-refractivity contribution < 1.29 is 22.9 Å². The number of nitrogens with one attached hydrogen (secondary N) is 1. The minimum Gasteiger partial charge on any atom is -0.374 e. The zero-order valence-corrected chi connectivity index (χ0v) is 16.6. The summed E-state index contributed by atoms with van der Waals surface area (Å²) in [5, 5.41) is 2.81. The summed E-state index contributed by atoms with van der Waals surface area (Å²) in [4.78, 5) is 25.9. The number of urea groups is 1. The molecule has 8 heteroatoms. The van der Waals surface area contributed by atoms with Crippen molar-refractivity contribution in [3.8, 4) is 0 Å². The summed E-state index contributed by atoms with van der Waals surface area (Å²) in [5.74, 6) is -0.147. The molecule has 1 atom stereocenters. The molecule has 1 fully saturated rings. The zero-order chi connectivity index (χ0) is 18.2. The SMILES string of the molecule is CCCC1(C)NC(=O)N(CCC[Si](OCC)(OCC)OCC)C1=O. The molecule has 0 aromatic heterocycles. The van der Waals surface area contributed by atoms with Gasteiger partial charge >= 0.3 is 14.8 Å². The van der Waals surface area contributed by atoms with Gasteiger partial charge in [-0.1, -0.05) is 13.3 Å². The van der Waals surface area contributed by atoms with Gasteiger partial charge in [0.25, 0.3) is 5.91 Å². The summed E-state index contributed by atoms with van der Waals surface area (Å²) >= 11 is 0. The van der Waals surface area contributed by atoms with Crippen molar-refractivity contribution in [2.24, 2.45) is 0 Å². The number of hydrogen-bond acceptors (Lipinski definition) is 5. The molecule has 3 amide bonds. The van der Waals surface area contributed by atoms with Crippen LogP contribution in [0.15, 0.2) is 0 Å². The van der Waals surface area contributed by atoms with Gasteiger partial charge in [0.2, 0.25) is 0 Å². The Hall–Kier alpha value is -0.963. The first-order valence-corrected chi connectivity index (χ1v) is 10.9. The van der Waals surface area contributed by atoms with E-state index in [2.05, 4.69) is 5.32 Å². The van der Waals surface area contributed by atoms with E-state index < -0.39 is 14.3 Å². The van der Waals surface area contributed by atoms with E-state index in [1.807, 2.05) is 27.7 Å². The van der Waals surface area contributed by atoms with E-state index in [-0.39, 0.29) is 11.9 Å². The van der Waals surface area contributed by atoms with Crippen LogP contribution in [0, 0.1) is 0 Å². The van der Waals surface area contributed by atoms with Crippen molar-refractivity contribution in [3.63, 3.8) is 0 Å². The number of carbonyl (C=O) groups excluding carboxylic acids is 2. The molecular formula is C16H32N2O5Si. The molecule has 140 valence electrons. The summed E-state index contributed by atoms with van der Waals surface area (Å²) in [5.41, 5.74) is -0.778. The van der Waals surface area contributed by atoms with Gasteiger partial charge in [0.15, 0.2) is 0 Å². The van der Waals surface area contributed by atoms with E-state index in [1.165, 1.54) is 4.90 Å². The van der Waals surface area contributed by atoms with E-state index in [1.54, 1.807) is 6.92 Å². The molecule has 24 heavy (non-hydrogen) atoms. The lowest BCUT2D eigenvalue weighted by molar-refractivity contribution is -0.131. The van der Waals surface area contributed by atoms with Crippen LogP contribution >= 0.6 is 0 Å². The van der Waals surface area contributed by atoms with Gasteiger partial charge in [-0.2, -0.15) is 0 Å². The Bertz CT molecular complexity index is 418. The van der Waals surface area contributed by atoms with Crippen LogP contribution in [0.4, 0.5) is 4.79 Å². The molecule has 0 spiro atoms. The van der Waals surface area contributed by atoms with Gasteiger partial charge in [-0.15, -0.1) is 0 Å². The highest BCUT2D eigenvalue weighted by Crippen LogP contribution is 2.24. The van der Waals surface area contributed by atoms with Gasteiger partial charge in [-0.3, -0.25) is 9.69 Å². The van der Waals surface area contributed by atoms with Gasteiger partial charge in [-0.05, 0) is 40.5 Å². The number of imide groups is 1. The molecule has 0 bridgehead atoms. The molecule has 1 aliphatic rings. The third-order valence-electron chi connectivity index (χ3n) is 4.05. The minimum atomic E-state index is -2.73. The fourth-order valence-corrected chi connectivity index (χ4v) is 5.67. The largest absolute Gasteiger partial charge is 0.500 e. The normalized spacial score (nSPS) is 21.5.